The van der Waals surface area contributed by atoms with E-state index in [4.69, 9.17) is 5.73 Å². The SMILES string of the molecule is NCc1cc(=O)[nH]c(CSc2ccc(Br)cc2)n1. The Hall–Kier alpha value is -1.11. The number of thioether (sulfide) groups is 1. The van der Waals surface area contributed by atoms with Gasteiger partial charge in [0.15, 0.2) is 0 Å². The Morgan fingerprint density at radius 3 is 2.72 bits per heavy atom. The van der Waals surface area contributed by atoms with Crippen LogP contribution in [0.25, 0.3) is 0 Å². The van der Waals surface area contributed by atoms with E-state index in [9.17, 15) is 4.79 Å². The van der Waals surface area contributed by atoms with Gasteiger partial charge in [-0.1, -0.05) is 15.9 Å². The molecule has 0 saturated carbocycles. The second-order valence-electron chi connectivity index (χ2n) is 3.63. The lowest BCUT2D eigenvalue weighted by Crippen LogP contribution is -2.14. The van der Waals surface area contributed by atoms with Crippen molar-refractivity contribution in [2.45, 2.75) is 17.2 Å². The molecule has 0 spiro atoms. The molecule has 0 aliphatic rings. The number of nitrogens with one attached hydrogen (secondary N) is 1. The van der Waals surface area contributed by atoms with Crippen LogP contribution in [0.1, 0.15) is 11.5 Å². The van der Waals surface area contributed by atoms with Gasteiger partial charge in [0, 0.05) is 22.0 Å². The fraction of sp³-hybridized carbons (Fsp3) is 0.167. The maximum atomic E-state index is 11.4. The quantitative estimate of drug-likeness (QED) is 0.846. The lowest BCUT2D eigenvalue weighted by atomic mass is 10.4. The largest absolute Gasteiger partial charge is 0.325 e. The first-order valence-electron chi connectivity index (χ1n) is 5.35. The van der Waals surface area contributed by atoms with Crippen molar-refractivity contribution in [2.24, 2.45) is 5.73 Å². The van der Waals surface area contributed by atoms with Gasteiger partial charge in [0.1, 0.15) is 5.82 Å². The second kappa shape index (κ2) is 6.17. The topological polar surface area (TPSA) is 71.8 Å². The molecule has 0 saturated heterocycles. The van der Waals surface area contributed by atoms with E-state index in [0.717, 1.165) is 9.37 Å². The normalized spacial score (nSPS) is 10.6. The minimum absolute atomic E-state index is 0.156. The fourth-order valence-corrected chi connectivity index (χ4v) is 2.45. The summed E-state index contributed by atoms with van der Waals surface area (Å²) in [4.78, 5) is 19.5. The second-order valence-corrected chi connectivity index (χ2v) is 5.59. The van der Waals surface area contributed by atoms with Gasteiger partial charge >= 0.3 is 0 Å². The van der Waals surface area contributed by atoms with Crippen LogP contribution in [-0.4, -0.2) is 9.97 Å². The summed E-state index contributed by atoms with van der Waals surface area (Å²) in [6, 6.07) is 9.41. The molecular formula is C12H12BrN3OS. The van der Waals surface area contributed by atoms with Crippen LogP contribution >= 0.6 is 27.7 Å². The third-order valence-corrected chi connectivity index (χ3v) is 3.79. The van der Waals surface area contributed by atoms with Crippen molar-refractivity contribution in [1.82, 2.24) is 9.97 Å². The van der Waals surface area contributed by atoms with Gasteiger partial charge in [-0.05, 0) is 24.3 Å². The number of hydrogen-bond acceptors (Lipinski definition) is 4. The number of nitrogens with zero attached hydrogens (tertiary/aromatic N) is 1. The van der Waals surface area contributed by atoms with Gasteiger partial charge in [0.2, 0.25) is 0 Å². The minimum atomic E-state index is -0.156. The molecule has 0 atom stereocenters. The standard InChI is InChI=1S/C12H12BrN3OS/c13-8-1-3-10(4-2-8)18-7-11-15-9(6-14)5-12(17)16-11/h1-5H,6-7,14H2,(H,15,16,17). The summed E-state index contributed by atoms with van der Waals surface area (Å²) in [6.07, 6.45) is 0. The summed E-state index contributed by atoms with van der Waals surface area (Å²) in [7, 11) is 0. The van der Waals surface area contributed by atoms with E-state index in [1.54, 1.807) is 11.8 Å². The number of H-pyrrole nitrogens is 1. The first-order valence-corrected chi connectivity index (χ1v) is 7.13. The zero-order valence-electron chi connectivity index (χ0n) is 9.52. The Morgan fingerprint density at radius 1 is 1.33 bits per heavy atom. The molecule has 4 nitrogen and oxygen atoms in total. The molecule has 0 aliphatic carbocycles. The van der Waals surface area contributed by atoms with Gasteiger partial charge in [0.25, 0.3) is 5.56 Å². The molecule has 0 fully saturated rings. The van der Waals surface area contributed by atoms with Gasteiger partial charge in [-0.3, -0.25) is 4.79 Å². The third-order valence-electron chi connectivity index (χ3n) is 2.24. The molecule has 0 aliphatic heterocycles. The van der Waals surface area contributed by atoms with Gasteiger partial charge in [-0.15, -0.1) is 11.8 Å². The number of rotatable bonds is 4. The lowest BCUT2D eigenvalue weighted by Gasteiger charge is -2.03. The van der Waals surface area contributed by atoms with Crippen molar-refractivity contribution in [3.8, 4) is 0 Å². The van der Waals surface area contributed by atoms with Crippen molar-refractivity contribution in [3.05, 3.63) is 56.7 Å². The molecule has 1 aromatic carbocycles. The zero-order valence-corrected chi connectivity index (χ0v) is 11.9. The molecule has 3 N–H and O–H groups in total. The van der Waals surface area contributed by atoms with Crippen LogP contribution in [0.2, 0.25) is 0 Å². The Morgan fingerprint density at radius 2 is 2.06 bits per heavy atom. The number of benzene rings is 1. The number of aromatic nitrogens is 2. The molecule has 6 heteroatoms. The van der Waals surface area contributed by atoms with Crippen molar-refractivity contribution in [2.75, 3.05) is 0 Å². The average molecular weight is 326 g/mol. The molecule has 0 amide bonds. The minimum Gasteiger partial charge on any atom is -0.325 e. The van der Waals surface area contributed by atoms with E-state index in [2.05, 4.69) is 25.9 Å². The first-order chi connectivity index (χ1) is 8.67. The summed E-state index contributed by atoms with van der Waals surface area (Å²) in [5.74, 6) is 1.26. The highest BCUT2D eigenvalue weighted by Crippen LogP contribution is 2.22. The van der Waals surface area contributed by atoms with E-state index in [1.165, 1.54) is 6.07 Å². The van der Waals surface area contributed by atoms with Crippen LogP contribution in [0.4, 0.5) is 0 Å². The van der Waals surface area contributed by atoms with Gasteiger partial charge in [0.05, 0.1) is 11.4 Å². The van der Waals surface area contributed by atoms with Crippen molar-refractivity contribution < 1.29 is 0 Å². The predicted octanol–water partition coefficient (Wildman–Crippen LogP) is 2.28. The number of halogens is 1. The van der Waals surface area contributed by atoms with Crippen molar-refractivity contribution in [3.63, 3.8) is 0 Å². The third kappa shape index (κ3) is 3.69. The smallest absolute Gasteiger partial charge is 0.251 e. The van der Waals surface area contributed by atoms with Gasteiger partial charge in [-0.25, -0.2) is 4.98 Å². The average Bonchev–Trinajstić information content (AvgIpc) is 2.37. The zero-order chi connectivity index (χ0) is 13.0. The fourth-order valence-electron chi connectivity index (χ4n) is 1.42. The molecular weight excluding hydrogens is 314 g/mol. The Bertz CT molecular complexity index is 583. The molecule has 0 bridgehead atoms. The van der Waals surface area contributed by atoms with E-state index in [-0.39, 0.29) is 12.1 Å². The van der Waals surface area contributed by atoms with Crippen LogP contribution in [0.15, 0.2) is 44.5 Å². The molecule has 18 heavy (non-hydrogen) atoms. The van der Waals surface area contributed by atoms with E-state index in [1.807, 2.05) is 24.3 Å². The van der Waals surface area contributed by atoms with Crippen molar-refractivity contribution >= 4 is 27.7 Å². The number of hydrogen-bond donors (Lipinski definition) is 2. The van der Waals surface area contributed by atoms with Crippen molar-refractivity contribution in [1.29, 1.82) is 0 Å². The molecule has 0 unspecified atom stereocenters. The summed E-state index contributed by atoms with van der Waals surface area (Å²) >= 11 is 5.00. The van der Waals surface area contributed by atoms with Gasteiger partial charge < -0.3 is 10.7 Å². The van der Waals surface area contributed by atoms with Crippen LogP contribution in [-0.2, 0) is 12.3 Å². The molecule has 94 valence electrons. The number of aromatic amines is 1. The Labute approximate surface area is 117 Å². The molecule has 0 radical (unpaired) electrons. The molecule has 2 rings (SSSR count). The monoisotopic (exact) mass is 325 g/mol. The summed E-state index contributed by atoms with van der Waals surface area (Å²) in [5.41, 5.74) is 5.94. The highest BCUT2D eigenvalue weighted by molar-refractivity contribution is 9.10. The highest BCUT2D eigenvalue weighted by atomic mass is 79.9. The summed E-state index contributed by atoms with van der Waals surface area (Å²) in [5, 5.41) is 0. The predicted molar refractivity (Wildman–Crippen MR) is 76.5 cm³/mol. The lowest BCUT2D eigenvalue weighted by molar-refractivity contribution is 0.902. The van der Waals surface area contributed by atoms with Crippen LogP contribution < -0.4 is 11.3 Å². The maximum Gasteiger partial charge on any atom is 0.251 e. The highest BCUT2D eigenvalue weighted by Gasteiger charge is 2.01. The summed E-state index contributed by atoms with van der Waals surface area (Å²) < 4.78 is 1.04. The van der Waals surface area contributed by atoms with Crippen LogP contribution in [0.3, 0.4) is 0 Å². The first kappa shape index (κ1) is 13.3. The number of nitrogens with two attached hydrogens (primary N) is 1. The van der Waals surface area contributed by atoms with E-state index in [0.29, 0.717) is 17.3 Å². The van der Waals surface area contributed by atoms with Gasteiger partial charge in [-0.2, -0.15) is 0 Å². The van der Waals surface area contributed by atoms with E-state index >= 15 is 0 Å². The Kier molecular flexibility index (Phi) is 4.57. The molecule has 2 aromatic rings. The van der Waals surface area contributed by atoms with E-state index < -0.39 is 0 Å². The summed E-state index contributed by atoms with van der Waals surface area (Å²) in [6.45, 7) is 0.278. The maximum absolute atomic E-state index is 11.4. The molecule has 1 heterocycles. The van der Waals surface area contributed by atoms with Crippen LogP contribution in [0.5, 0.6) is 0 Å². The van der Waals surface area contributed by atoms with Crippen LogP contribution in [0, 0.1) is 0 Å². The Balaban J connectivity index is 2.08. The molecule has 1 aromatic heterocycles.